The van der Waals surface area contributed by atoms with E-state index in [1.165, 1.54) is 0 Å². The van der Waals surface area contributed by atoms with Gasteiger partial charge in [-0.25, -0.2) is 0 Å². The number of hydrogen-bond acceptors (Lipinski definition) is 4. The van der Waals surface area contributed by atoms with E-state index in [9.17, 15) is 4.79 Å². The molecule has 4 rings (SSSR count). The van der Waals surface area contributed by atoms with Gasteiger partial charge in [0.05, 0.1) is 19.1 Å². The second-order valence-electron chi connectivity index (χ2n) is 7.02. The van der Waals surface area contributed by atoms with Gasteiger partial charge in [0.1, 0.15) is 0 Å². The van der Waals surface area contributed by atoms with Crippen LogP contribution >= 0.6 is 11.6 Å². The summed E-state index contributed by atoms with van der Waals surface area (Å²) < 4.78 is 6.06. The molecule has 0 bridgehead atoms. The first-order chi connectivity index (χ1) is 12.7. The van der Waals surface area contributed by atoms with Gasteiger partial charge in [0.15, 0.2) is 0 Å². The molecule has 0 spiro atoms. The molecule has 0 unspecified atom stereocenters. The molecule has 0 radical (unpaired) electrons. The van der Waals surface area contributed by atoms with Gasteiger partial charge in [-0.05, 0) is 35.7 Å². The molecule has 0 saturated carbocycles. The number of pyridine rings is 1. The lowest BCUT2D eigenvalue weighted by Crippen LogP contribution is -2.43. The zero-order valence-corrected chi connectivity index (χ0v) is 15.2. The summed E-state index contributed by atoms with van der Waals surface area (Å²) in [6.45, 7) is 2.42. The number of nitrogens with one attached hydrogen (secondary N) is 1. The molecule has 3 atom stereocenters. The fourth-order valence-electron chi connectivity index (χ4n) is 3.82. The van der Waals surface area contributed by atoms with E-state index in [4.69, 9.17) is 16.3 Å². The van der Waals surface area contributed by atoms with Gasteiger partial charge in [-0.3, -0.25) is 14.7 Å². The van der Waals surface area contributed by atoms with Crippen LogP contribution in [-0.2, 0) is 16.0 Å². The topological polar surface area (TPSA) is 54.5 Å². The first-order valence-electron chi connectivity index (χ1n) is 8.97. The van der Waals surface area contributed by atoms with Crippen LogP contribution in [0.25, 0.3) is 0 Å². The maximum absolute atomic E-state index is 12.3. The number of aromatic nitrogens is 1. The number of hydrogen-bond donors (Lipinski definition) is 1. The van der Waals surface area contributed by atoms with Crippen molar-refractivity contribution >= 4 is 17.5 Å². The quantitative estimate of drug-likeness (QED) is 0.897. The van der Waals surface area contributed by atoms with E-state index >= 15 is 0 Å². The minimum atomic E-state index is 0.0537. The highest BCUT2D eigenvalue weighted by Gasteiger charge is 2.38. The number of rotatable bonds is 4. The van der Waals surface area contributed by atoms with Crippen LogP contribution < -0.4 is 5.32 Å². The van der Waals surface area contributed by atoms with E-state index in [0.717, 1.165) is 35.7 Å². The fourth-order valence-corrected chi connectivity index (χ4v) is 3.95. The van der Waals surface area contributed by atoms with Crippen LogP contribution in [0, 0.1) is 0 Å². The third kappa shape index (κ3) is 4.06. The molecule has 1 aromatic carbocycles. The third-order valence-electron chi connectivity index (χ3n) is 5.11. The van der Waals surface area contributed by atoms with Crippen LogP contribution in [0.3, 0.4) is 0 Å². The molecule has 1 amide bonds. The summed E-state index contributed by atoms with van der Waals surface area (Å²) >= 11 is 5.97. The van der Waals surface area contributed by atoms with Crippen LogP contribution in [0.5, 0.6) is 0 Å². The maximum Gasteiger partial charge on any atom is 0.224 e. The molecule has 136 valence electrons. The van der Waals surface area contributed by atoms with E-state index in [-0.39, 0.29) is 18.1 Å². The SMILES string of the molecule is O=C(Cc1cccnc1)N[C@H]1C[C@H]2CO[C@@H](c3ccc(Cl)cc3)CN2C1. The lowest BCUT2D eigenvalue weighted by molar-refractivity contribution is -0.121. The second-order valence-corrected chi connectivity index (χ2v) is 7.46. The maximum atomic E-state index is 12.3. The summed E-state index contributed by atoms with van der Waals surface area (Å²) in [5, 5.41) is 3.90. The van der Waals surface area contributed by atoms with Gasteiger partial charge in [-0.2, -0.15) is 0 Å². The largest absolute Gasteiger partial charge is 0.371 e. The van der Waals surface area contributed by atoms with E-state index in [1.807, 2.05) is 36.4 Å². The summed E-state index contributed by atoms with van der Waals surface area (Å²) in [5.41, 5.74) is 2.09. The molecule has 26 heavy (non-hydrogen) atoms. The minimum absolute atomic E-state index is 0.0537. The molecule has 1 N–H and O–H groups in total. The smallest absolute Gasteiger partial charge is 0.224 e. The van der Waals surface area contributed by atoms with Crippen molar-refractivity contribution in [2.24, 2.45) is 0 Å². The second kappa shape index (κ2) is 7.74. The molecule has 2 saturated heterocycles. The lowest BCUT2D eigenvalue weighted by atomic mass is 10.1. The highest BCUT2D eigenvalue weighted by molar-refractivity contribution is 6.30. The summed E-state index contributed by atoms with van der Waals surface area (Å²) in [5.74, 6) is 0.0537. The number of halogens is 1. The van der Waals surface area contributed by atoms with E-state index in [2.05, 4.69) is 15.2 Å². The van der Waals surface area contributed by atoms with Crippen LogP contribution in [0.1, 0.15) is 23.7 Å². The lowest BCUT2D eigenvalue weighted by Gasteiger charge is -2.35. The Bertz CT molecular complexity index is 753. The molecule has 2 aliphatic rings. The molecule has 0 aliphatic carbocycles. The van der Waals surface area contributed by atoms with Crippen molar-refractivity contribution in [3.8, 4) is 0 Å². The predicted molar refractivity (Wildman–Crippen MR) is 100.0 cm³/mol. The van der Waals surface area contributed by atoms with Crippen molar-refractivity contribution in [1.29, 1.82) is 0 Å². The zero-order chi connectivity index (χ0) is 17.9. The summed E-state index contributed by atoms with van der Waals surface area (Å²) in [4.78, 5) is 18.8. The Hall–Kier alpha value is -1.95. The van der Waals surface area contributed by atoms with Crippen molar-refractivity contribution in [3.63, 3.8) is 0 Å². The standard InChI is InChI=1S/C20H22ClN3O2/c21-16-5-3-15(4-6-16)19-12-24-11-17(9-18(24)13-26-19)23-20(25)8-14-2-1-7-22-10-14/h1-7,10,17-19H,8-9,11-13H2,(H,23,25)/t17-,18-,19+/m0/s1. The average molecular weight is 372 g/mol. The number of amides is 1. The van der Waals surface area contributed by atoms with E-state index in [1.54, 1.807) is 12.4 Å². The minimum Gasteiger partial charge on any atom is -0.371 e. The number of fused-ring (bicyclic) bond motifs is 1. The van der Waals surface area contributed by atoms with Crippen molar-refractivity contribution < 1.29 is 9.53 Å². The molecule has 2 aliphatic heterocycles. The Labute approximate surface area is 158 Å². The van der Waals surface area contributed by atoms with Gasteiger partial charge in [0, 0.05) is 42.6 Å². The number of nitrogens with zero attached hydrogens (tertiary/aromatic N) is 2. The Morgan fingerprint density at radius 2 is 2.12 bits per heavy atom. The molecule has 5 nitrogen and oxygen atoms in total. The Morgan fingerprint density at radius 1 is 1.27 bits per heavy atom. The predicted octanol–water partition coefficient (Wildman–Crippen LogP) is 2.61. The van der Waals surface area contributed by atoms with E-state index in [0.29, 0.717) is 19.1 Å². The van der Waals surface area contributed by atoms with Crippen molar-refractivity contribution in [2.75, 3.05) is 19.7 Å². The van der Waals surface area contributed by atoms with Crippen LogP contribution in [0.2, 0.25) is 5.02 Å². The Kier molecular flexibility index (Phi) is 5.20. The number of carbonyl (C=O) groups is 1. The molecule has 2 aromatic rings. The Balaban J connectivity index is 1.31. The molecule has 6 heteroatoms. The van der Waals surface area contributed by atoms with Crippen molar-refractivity contribution in [3.05, 3.63) is 64.9 Å². The summed E-state index contributed by atoms with van der Waals surface area (Å²) in [6.07, 6.45) is 4.83. The summed E-state index contributed by atoms with van der Waals surface area (Å²) in [7, 11) is 0. The number of carbonyl (C=O) groups excluding carboxylic acids is 1. The van der Waals surface area contributed by atoms with Crippen molar-refractivity contribution in [2.45, 2.75) is 31.0 Å². The van der Waals surface area contributed by atoms with Gasteiger partial charge in [-0.15, -0.1) is 0 Å². The van der Waals surface area contributed by atoms with Gasteiger partial charge >= 0.3 is 0 Å². The molecular formula is C20H22ClN3O2. The van der Waals surface area contributed by atoms with Crippen LogP contribution in [-0.4, -0.2) is 47.6 Å². The highest BCUT2D eigenvalue weighted by Crippen LogP contribution is 2.30. The van der Waals surface area contributed by atoms with Crippen LogP contribution in [0.15, 0.2) is 48.8 Å². The van der Waals surface area contributed by atoms with Gasteiger partial charge in [0.25, 0.3) is 0 Å². The van der Waals surface area contributed by atoms with E-state index < -0.39 is 0 Å². The fraction of sp³-hybridized carbons (Fsp3) is 0.400. The van der Waals surface area contributed by atoms with Gasteiger partial charge < -0.3 is 10.1 Å². The number of benzene rings is 1. The number of ether oxygens (including phenoxy) is 1. The third-order valence-corrected chi connectivity index (χ3v) is 5.36. The number of morpholine rings is 1. The van der Waals surface area contributed by atoms with Crippen molar-refractivity contribution in [1.82, 2.24) is 15.2 Å². The Morgan fingerprint density at radius 3 is 2.88 bits per heavy atom. The first-order valence-corrected chi connectivity index (χ1v) is 9.34. The van der Waals surface area contributed by atoms with Crippen LogP contribution in [0.4, 0.5) is 0 Å². The normalized spacial score (nSPS) is 25.7. The molecule has 2 fully saturated rings. The molecular weight excluding hydrogens is 350 g/mol. The molecule has 3 heterocycles. The molecule has 1 aromatic heterocycles. The van der Waals surface area contributed by atoms with Gasteiger partial charge in [-0.1, -0.05) is 29.8 Å². The highest BCUT2D eigenvalue weighted by atomic mass is 35.5. The summed E-state index contributed by atoms with van der Waals surface area (Å²) in [6, 6.07) is 12.2. The first kappa shape index (κ1) is 17.5. The monoisotopic (exact) mass is 371 g/mol. The average Bonchev–Trinajstić information content (AvgIpc) is 3.04. The zero-order valence-electron chi connectivity index (χ0n) is 14.5. The van der Waals surface area contributed by atoms with Gasteiger partial charge in [0.2, 0.25) is 5.91 Å².